The van der Waals surface area contributed by atoms with E-state index in [9.17, 15) is 9.59 Å². The molecule has 0 bridgehead atoms. The van der Waals surface area contributed by atoms with Crippen molar-refractivity contribution in [2.24, 2.45) is 0 Å². The molecule has 0 radical (unpaired) electrons. The predicted molar refractivity (Wildman–Crippen MR) is 74.8 cm³/mol. The van der Waals surface area contributed by atoms with Crippen LogP contribution in [-0.2, 0) is 11.3 Å². The van der Waals surface area contributed by atoms with E-state index in [4.69, 9.17) is 16.3 Å². The monoisotopic (exact) mass is 289 g/mol. The van der Waals surface area contributed by atoms with Crippen LogP contribution in [0.15, 0.2) is 42.6 Å². The minimum Gasteiger partial charge on any atom is -0.456 e. The Morgan fingerprint density at radius 2 is 2.05 bits per heavy atom. The fourth-order valence-electron chi connectivity index (χ4n) is 1.60. The molecule has 0 aliphatic rings. The molecule has 0 saturated heterocycles. The molecule has 0 aliphatic heterocycles. The highest BCUT2D eigenvalue weighted by atomic mass is 35.5. The van der Waals surface area contributed by atoms with Crippen molar-refractivity contribution in [2.45, 2.75) is 13.5 Å². The van der Waals surface area contributed by atoms with E-state index in [1.165, 1.54) is 19.2 Å². The van der Waals surface area contributed by atoms with Crippen LogP contribution in [0.5, 0.6) is 0 Å². The number of carbonyl (C=O) groups excluding carboxylic acids is 2. The van der Waals surface area contributed by atoms with Crippen LogP contribution in [0.3, 0.4) is 0 Å². The van der Waals surface area contributed by atoms with E-state index in [1.807, 2.05) is 0 Å². The molecular weight excluding hydrogens is 278 g/mol. The van der Waals surface area contributed by atoms with E-state index in [1.54, 1.807) is 30.3 Å². The Morgan fingerprint density at radius 3 is 2.70 bits per heavy atom. The molecule has 0 spiro atoms. The number of aromatic nitrogens is 1. The Morgan fingerprint density at radius 1 is 1.25 bits per heavy atom. The number of nitrogens with zero attached hydrogens (tertiary/aromatic N) is 1. The average Bonchev–Trinajstić information content (AvgIpc) is 2.46. The number of rotatable bonds is 4. The number of benzene rings is 1. The molecule has 20 heavy (non-hydrogen) atoms. The molecule has 0 amide bonds. The lowest BCUT2D eigenvalue weighted by Gasteiger charge is -2.05. The Hall–Kier alpha value is -2.20. The van der Waals surface area contributed by atoms with Gasteiger partial charge in [0.2, 0.25) is 0 Å². The van der Waals surface area contributed by atoms with E-state index in [-0.39, 0.29) is 18.1 Å². The molecule has 2 aromatic rings. The van der Waals surface area contributed by atoms with Gasteiger partial charge >= 0.3 is 5.97 Å². The van der Waals surface area contributed by atoms with Crippen molar-refractivity contribution in [2.75, 3.05) is 0 Å². The zero-order chi connectivity index (χ0) is 14.5. The van der Waals surface area contributed by atoms with E-state index in [0.29, 0.717) is 10.6 Å². The lowest BCUT2D eigenvalue weighted by Crippen LogP contribution is -2.07. The summed E-state index contributed by atoms with van der Waals surface area (Å²) in [6.45, 7) is 1.58. The first-order chi connectivity index (χ1) is 9.56. The Bertz CT molecular complexity index is 638. The highest BCUT2D eigenvalue weighted by molar-refractivity contribution is 6.30. The first kappa shape index (κ1) is 14.2. The van der Waals surface area contributed by atoms with Gasteiger partial charge < -0.3 is 4.74 Å². The number of halogens is 1. The van der Waals surface area contributed by atoms with Crippen molar-refractivity contribution in [1.82, 2.24) is 4.98 Å². The summed E-state index contributed by atoms with van der Waals surface area (Å²) < 4.78 is 5.13. The molecule has 0 atom stereocenters. The number of Topliss-reactive ketones (excluding diaryl/α,β-unsaturated/α-hetero) is 1. The molecule has 0 aliphatic carbocycles. The Kier molecular flexibility index (Phi) is 4.48. The molecule has 0 N–H and O–H groups in total. The number of esters is 1. The second-order valence-corrected chi connectivity index (χ2v) is 4.63. The van der Waals surface area contributed by atoms with Gasteiger partial charge in [0.25, 0.3) is 0 Å². The van der Waals surface area contributed by atoms with Crippen molar-refractivity contribution in [1.29, 1.82) is 0 Å². The quantitative estimate of drug-likeness (QED) is 0.640. The summed E-state index contributed by atoms with van der Waals surface area (Å²) in [5.74, 6) is -0.563. The number of pyridine rings is 1. The zero-order valence-corrected chi connectivity index (χ0v) is 11.6. The molecule has 1 aromatic carbocycles. The summed E-state index contributed by atoms with van der Waals surface area (Å²) in [5.41, 5.74) is 1.53. The normalized spacial score (nSPS) is 10.1. The second-order valence-electron chi connectivity index (χ2n) is 4.19. The summed E-state index contributed by atoms with van der Waals surface area (Å²) >= 11 is 5.69. The van der Waals surface area contributed by atoms with Crippen molar-refractivity contribution in [3.8, 4) is 0 Å². The smallest absolute Gasteiger partial charge is 0.357 e. The number of carbonyl (C=O) groups is 2. The Labute approximate surface area is 121 Å². The van der Waals surface area contributed by atoms with E-state index < -0.39 is 5.97 Å². The average molecular weight is 290 g/mol. The van der Waals surface area contributed by atoms with Gasteiger partial charge in [-0.05, 0) is 30.7 Å². The lowest BCUT2D eigenvalue weighted by atomic mass is 10.1. The summed E-state index contributed by atoms with van der Waals surface area (Å²) in [6.07, 6.45) is 1.38. The maximum Gasteiger partial charge on any atom is 0.357 e. The fraction of sp³-hybridized carbons (Fsp3) is 0.133. The molecule has 1 aromatic heterocycles. The van der Waals surface area contributed by atoms with E-state index in [2.05, 4.69) is 4.98 Å². The Balaban J connectivity index is 2.01. The van der Waals surface area contributed by atoms with Crippen LogP contribution >= 0.6 is 11.6 Å². The van der Waals surface area contributed by atoms with Crippen LogP contribution < -0.4 is 0 Å². The van der Waals surface area contributed by atoms with Crippen LogP contribution in [0, 0.1) is 0 Å². The molecule has 0 saturated carbocycles. The van der Waals surface area contributed by atoms with Gasteiger partial charge in [-0.15, -0.1) is 0 Å². The van der Waals surface area contributed by atoms with Gasteiger partial charge in [0, 0.05) is 11.8 Å². The molecular formula is C15H12ClNO3. The predicted octanol–water partition coefficient (Wildman–Crippen LogP) is 3.29. The second kappa shape index (κ2) is 6.30. The van der Waals surface area contributed by atoms with Crippen LogP contribution in [0.2, 0.25) is 5.02 Å². The molecule has 5 heteroatoms. The van der Waals surface area contributed by atoms with E-state index in [0.717, 1.165) is 5.56 Å². The molecule has 0 unspecified atom stereocenters. The van der Waals surface area contributed by atoms with Gasteiger partial charge in [0.15, 0.2) is 5.78 Å². The first-order valence-corrected chi connectivity index (χ1v) is 6.32. The minimum atomic E-state index is -0.533. The van der Waals surface area contributed by atoms with E-state index >= 15 is 0 Å². The minimum absolute atomic E-state index is 0.0301. The summed E-state index contributed by atoms with van der Waals surface area (Å²) in [5, 5.41) is 0.454. The maximum absolute atomic E-state index is 11.8. The standard InChI is InChI=1S/C15H12ClNO3/c1-10(18)12-4-2-3-11(7-12)9-20-15(19)14-6-5-13(16)8-17-14/h2-8H,9H2,1H3. The van der Waals surface area contributed by atoms with Gasteiger partial charge in [-0.3, -0.25) is 4.79 Å². The topological polar surface area (TPSA) is 56.3 Å². The van der Waals surface area contributed by atoms with Crippen LogP contribution in [0.1, 0.15) is 33.3 Å². The molecule has 1 heterocycles. The van der Waals surface area contributed by atoms with Crippen LogP contribution in [0.25, 0.3) is 0 Å². The van der Waals surface area contributed by atoms with Gasteiger partial charge in [-0.1, -0.05) is 29.8 Å². The van der Waals surface area contributed by atoms with Crippen LogP contribution in [0.4, 0.5) is 0 Å². The number of hydrogen-bond acceptors (Lipinski definition) is 4. The van der Waals surface area contributed by atoms with Crippen molar-refractivity contribution < 1.29 is 14.3 Å². The molecule has 4 nitrogen and oxygen atoms in total. The lowest BCUT2D eigenvalue weighted by molar-refractivity contribution is 0.0466. The molecule has 102 valence electrons. The summed E-state index contributed by atoms with van der Waals surface area (Å²) in [4.78, 5) is 26.9. The third-order valence-electron chi connectivity index (χ3n) is 2.64. The molecule has 2 rings (SSSR count). The van der Waals surface area contributed by atoms with Crippen molar-refractivity contribution >= 4 is 23.4 Å². The summed E-state index contributed by atoms with van der Waals surface area (Å²) in [7, 11) is 0. The zero-order valence-electron chi connectivity index (χ0n) is 10.8. The number of ketones is 1. The number of ether oxygens (including phenoxy) is 1. The SMILES string of the molecule is CC(=O)c1cccc(COC(=O)c2ccc(Cl)cn2)c1. The van der Waals surface area contributed by atoms with Gasteiger partial charge in [-0.2, -0.15) is 0 Å². The van der Waals surface area contributed by atoms with Crippen molar-refractivity contribution in [3.63, 3.8) is 0 Å². The largest absolute Gasteiger partial charge is 0.456 e. The van der Waals surface area contributed by atoms with Gasteiger partial charge in [0.05, 0.1) is 5.02 Å². The number of hydrogen-bond donors (Lipinski definition) is 0. The van der Waals surface area contributed by atoms with Gasteiger partial charge in [0.1, 0.15) is 12.3 Å². The highest BCUT2D eigenvalue weighted by Gasteiger charge is 2.09. The van der Waals surface area contributed by atoms with Gasteiger partial charge in [-0.25, -0.2) is 9.78 Å². The fourth-order valence-corrected chi connectivity index (χ4v) is 1.71. The van der Waals surface area contributed by atoms with Crippen molar-refractivity contribution in [3.05, 3.63) is 64.4 Å². The van der Waals surface area contributed by atoms with Crippen LogP contribution in [-0.4, -0.2) is 16.7 Å². The summed E-state index contributed by atoms with van der Waals surface area (Å²) in [6, 6.07) is 10.0. The maximum atomic E-state index is 11.8. The third-order valence-corrected chi connectivity index (χ3v) is 2.86. The first-order valence-electron chi connectivity index (χ1n) is 5.95. The molecule has 0 fully saturated rings. The highest BCUT2D eigenvalue weighted by Crippen LogP contribution is 2.10. The third kappa shape index (κ3) is 3.65.